The molecule has 0 spiro atoms. The summed E-state index contributed by atoms with van der Waals surface area (Å²) in [6.45, 7) is 4.98. The number of carboxylic acid groups (broad SMARTS) is 1. The number of unbranched alkanes of at least 4 members (excludes halogenated alkanes) is 1. The second-order valence-electron chi connectivity index (χ2n) is 6.25. The van der Waals surface area contributed by atoms with Crippen LogP contribution in [-0.2, 0) is 4.79 Å². The molecular formula is C19H27NO5S. The molecule has 0 unspecified atom stereocenters. The standard InChI is InChI=1S/C19H27NO5S/c1-3-5-10-25-15-7-6-14(13-16(15)24-4-2)17(21)20-19(18(22)23)8-11-26-12-9-19/h6-7,13H,3-5,8-12H2,1-2H3,(H,20,21)(H,22,23). The largest absolute Gasteiger partial charge is 0.490 e. The molecule has 1 aliphatic rings. The van der Waals surface area contributed by atoms with Gasteiger partial charge in [-0.05, 0) is 55.9 Å². The molecule has 0 aliphatic carbocycles. The maximum atomic E-state index is 12.7. The van der Waals surface area contributed by atoms with Crippen molar-refractivity contribution in [2.75, 3.05) is 24.7 Å². The summed E-state index contributed by atoms with van der Waals surface area (Å²) in [5.41, 5.74) is -0.820. The second-order valence-corrected chi connectivity index (χ2v) is 7.48. The Balaban J connectivity index is 2.16. The minimum absolute atomic E-state index is 0.371. The number of amides is 1. The lowest BCUT2D eigenvalue weighted by atomic mass is 9.92. The molecule has 7 heteroatoms. The number of thioether (sulfide) groups is 1. The number of aliphatic carboxylic acids is 1. The van der Waals surface area contributed by atoms with Crippen molar-refractivity contribution < 1.29 is 24.2 Å². The minimum Gasteiger partial charge on any atom is -0.490 e. The molecule has 0 saturated carbocycles. The zero-order valence-corrected chi connectivity index (χ0v) is 16.2. The molecule has 144 valence electrons. The Bertz CT molecular complexity index is 628. The third-order valence-corrected chi connectivity index (χ3v) is 5.36. The SMILES string of the molecule is CCCCOc1ccc(C(=O)NC2(C(=O)O)CCSCC2)cc1OCC. The van der Waals surface area contributed by atoms with Crippen LogP contribution in [-0.4, -0.2) is 47.2 Å². The van der Waals surface area contributed by atoms with Crippen LogP contribution in [0.2, 0.25) is 0 Å². The third-order valence-electron chi connectivity index (χ3n) is 4.37. The highest BCUT2D eigenvalue weighted by Gasteiger charge is 2.41. The Kier molecular flexibility index (Phi) is 7.63. The number of carboxylic acids is 1. The monoisotopic (exact) mass is 381 g/mol. The normalized spacial score (nSPS) is 15.9. The molecule has 26 heavy (non-hydrogen) atoms. The van der Waals surface area contributed by atoms with Gasteiger partial charge in [-0.2, -0.15) is 11.8 Å². The van der Waals surface area contributed by atoms with Gasteiger partial charge in [0.2, 0.25) is 0 Å². The lowest BCUT2D eigenvalue weighted by Crippen LogP contribution is -2.56. The topological polar surface area (TPSA) is 84.9 Å². The van der Waals surface area contributed by atoms with Crippen molar-refractivity contribution in [3.05, 3.63) is 23.8 Å². The van der Waals surface area contributed by atoms with Gasteiger partial charge in [-0.3, -0.25) is 4.79 Å². The molecule has 1 heterocycles. The number of hydrogen-bond acceptors (Lipinski definition) is 5. The van der Waals surface area contributed by atoms with E-state index in [1.807, 2.05) is 6.92 Å². The van der Waals surface area contributed by atoms with Crippen molar-refractivity contribution in [1.82, 2.24) is 5.32 Å². The van der Waals surface area contributed by atoms with Gasteiger partial charge in [-0.25, -0.2) is 4.79 Å². The summed E-state index contributed by atoms with van der Waals surface area (Å²) in [6.07, 6.45) is 2.82. The summed E-state index contributed by atoms with van der Waals surface area (Å²) in [5.74, 6) is 1.16. The van der Waals surface area contributed by atoms with E-state index in [2.05, 4.69) is 12.2 Å². The van der Waals surface area contributed by atoms with Crippen molar-refractivity contribution in [3.8, 4) is 11.5 Å². The molecule has 1 aliphatic heterocycles. The first-order valence-corrected chi connectivity index (χ1v) is 10.2. The minimum atomic E-state index is -1.19. The molecule has 0 atom stereocenters. The highest BCUT2D eigenvalue weighted by Crippen LogP contribution is 2.31. The number of hydrogen-bond donors (Lipinski definition) is 2. The molecule has 1 fully saturated rings. The van der Waals surface area contributed by atoms with Crippen LogP contribution in [0.25, 0.3) is 0 Å². The Morgan fingerprint density at radius 3 is 2.54 bits per heavy atom. The van der Waals surface area contributed by atoms with Gasteiger partial charge in [0.15, 0.2) is 11.5 Å². The first kappa shape index (κ1) is 20.4. The quantitative estimate of drug-likeness (QED) is 0.638. The summed E-state index contributed by atoms with van der Waals surface area (Å²) in [6, 6.07) is 4.97. The predicted octanol–water partition coefficient (Wildman–Crippen LogP) is 3.34. The van der Waals surface area contributed by atoms with Crippen LogP contribution in [0.3, 0.4) is 0 Å². The van der Waals surface area contributed by atoms with E-state index in [1.165, 1.54) is 0 Å². The lowest BCUT2D eigenvalue weighted by molar-refractivity contribution is -0.144. The van der Waals surface area contributed by atoms with Gasteiger partial charge < -0.3 is 19.9 Å². The van der Waals surface area contributed by atoms with Crippen LogP contribution in [0.5, 0.6) is 11.5 Å². The third kappa shape index (κ3) is 5.06. The molecule has 0 bridgehead atoms. The van der Waals surface area contributed by atoms with Gasteiger partial charge in [-0.15, -0.1) is 0 Å². The summed E-state index contributed by atoms with van der Waals surface area (Å²) < 4.78 is 11.3. The fourth-order valence-electron chi connectivity index (χ4n) is 2.76. The average Bonchev–Trinajstić information content (AvgIpc) is 2.64. The van der Waals surface area contributed by atoms with E-state index in [1.54, 1.807) is 30.0 Å². The smallest absolute Gasteiger partial charge is 0.329 e. The zero-order valence-electron chi connectivity index (χ0n) is 15.4. The van der Waals surface area contributed by atoms with Gasteiger partial charge in [0.05, 0.1) is 13.2 Å². The van der Waals surface area contributed by atoms with Crippen molar-refractivity contribution in [2.24, 2.45) is 0 Å². The first-order valence-electron chi connectivity index (χ1n) is 9.05. The molecule has 1 amide bonds. The van der Waals surface area contributed by atoms with E-state index in [-0.39, 0.29) is 0 Å². The second kappa shape index (κ2) is 9.71. The fraction of sp³-hybridized carbons (Fsp3) is 0.579. The Morgan fingerprint density at radius 2 is 1.92 bits per heavy atom. The highest BCUT2D eigenvalue weighted by atomic mass is 32.2. The van der Waals surface area contributed by atoms with Crippen molar-refractivity contribution in [1.29, 1.82) is 0 Å². The summed E-state index contributed by atoms with van der Waals surface area (Å²) in [7, 11) is 0. The summed E-state index contributed by atoms with van der Waals surface area (Å²) in [5, 5.41) is 12.4. The molecule has 2 N–H and O–H groups in total. The van der Waals surface area contributed by atoms with E-state index >= 15 is 0 Å². The first-order chi connectivity index (χ1) is 12.5. The maximum absolute atomic E-state index is 12.7. The molecule has 1 saturated heterocycles. The molecule has 0 aromatic heterocycles. The van der Waals surface area contributed by atoms with Gasteiger partial charge in [-0.1, -0.05) is 13.3 Å². The lowest BCUT2D eigenvalue weighted by Gasteiger charge is -2.33. The summed E-state index contributed by atoms with van der Waals surface area (Å²) >= 11 is 1.71. The van der Waals surface area contributed by atoms with Gasteiger partial charge >= 0.3 is 5.97 Å². The highest BCUT2D eigenvalue weighted by molar-refractivity contribution is 7.99. The average molecular weight is 381 g/mol. The van der Waals surface area contributed by atoms with Crippen LogP contribution >= 0.6 is 11.8 Å². The number of carbonyl (C=O) groups excluding carboxylic acids is 1. The van der Waals surface area contributed by atoms with Gasteiger partial charge in [0, 0.05) is 5.56 Å². The van der Waals surface area contributed by atoms with Crippen molar-refractivity contribution in [3.63, 3.8) is 0 Å². The fourth-order valence-corrected chi connectivity index (χ4v) is 3.95. The molecule has 0 radical (unpaired) electrons. The van der Waals surface area contributed by atoms with Crippen LogP contribution in [0, 0.1) is 0 Å². The molecule has 2 rings (SSSR count). The van der Waals surface area contributed by atoms with E-state index in [4.69, 9.17) is 9.47 Å². The maximum Gasteiger partial charge on any atom is 0.329 e. The van der Waals surface area contributed by atoms with E-state index in [9.17, 15) is 14.7 Å². The molecular weight excluding hydrogens is 354 g/mol. The Labute approximate surface area is 158 Å². The number of benzene rings is 1. The van der Waals surface area contributed by atoms with Crippen LogP contribution < -0.4 is 14.8 Å². The van der Waals surface area contributed by atoms with Crippen LogP contribution in [0.4, 0.5) is 0 Å². The molecule has 1 aromatic carbocycles. The van der Waals surface area contributed by atoms with Crippen LogP contribution in [0.1, 0.15) is 49.9 Å². The number of carbonyl (C=O) groups is 2. The van der Waals surface area contributed by atoms with E-state index < -0.39 is 17.4 Å². The Morgan fingerprint density at radius 1 is 1.19 bits per heavy atom. The molecule has 6 nitrogen and oxygen atoms in total. The number of ether oxygens (including phenoxy) is 2. The number of rotatable bonds is 9. The van der Waals surface area contributed by atoms with E-state index in [0.717, 1.165) is 24.3 Å². The zero-order chi connectivity index (χ0) is 19.0. The number of nitrogens with one attached hydrogen (secondary N) is 1. The van der Waals surface area contributed by atoms with Crippen LogP contribution in [0.15, 0.2) is 18.2 Å². The van der Waals surface area contributed by atoms with E-state index in [0.29, 0.717) is 43.1 Å². The van der Waals surface area contributed by atoms with Gasteiger partial charge in [0.1, 0.15) is 5.54 Å². The predicted molar refractivity (Wildman–Crippen MR) is 102 cm³/mol. The Hall–Kier alpha value is -1.89. The summed E-state index contributed by atoms with van der Waals surface area (Å²) in [4.78, 5) is 24.4. The van der Waals surface area contributed by atoms with Crippen molar-refractivity contribution in [2.45, 2.75) is 45.1 Å². The van der Waals surface area contributed by atoms with Crippen molar-refractivity contribution >= 4 is 23.6 Å². The molecule has 1 aromatic rings. The van der Waals surface area contributed by atoms with Gasteiger partial charge in [0.25, 0.3) is 5.91 Å².